The Morgan fingerprint density at radius 1 is 1.25 bits per heavy atom. The van der Waals surface area contributed by atoms with Crippen molar-refractivity contribution in [2.24, 2.45) is 0 Å². The van der Waals surface area contributed by atoms with E-state index in [1.54, 1.807) is 39.5 Å². The van der Waals surface area contributed by atoms with Gasteiger partial charge in [0, 0.05) is 0 Å². The van der Waals surface area contributed by atoms with Crippen LogP contribution in [-0.4, -0.2) is 47.6 Å². The lowest BCUT2D eigenvalue weighted by Gasteiger charge is -2.24. The number of carboxylic acid groups (broad SMARTS) is 1. The summed E-state index contributed by atoms with van der Waals surface area (Å²) < 4.78 is 23.2. The Hall–Kier alpha value is -0.0700. The molecule has 1 atom stereocenters. The maximum Gasteiger partial charge on any atom is 0.344 e. The second-order valence-electron chi connectivity index (χ2n) is 4.95. The molecule has 0 aliphatic carbocycles. The van der Waals surface area contributed by atoms with Gasteiger partial charge in [0.1, 0.15) is 6.04 Å². The quantitative estimate of drug-likeness (QED) is 0.564. The normalized spacial score (nSPS) is 13.9. The first-order valence-corrected chi connectivity index (χ1v) is 9.73. The van der Waals surface area contributed by atoms with E-state index in [9.17, 15) is 9.36 Å². The molecule has 0 aliphatic rings. The number of carboxylic acids is 1. The van der Waals surface area contributed by atoms with Crippen molar-refractivity contribution >= 4 is 25.3 Å². The van der Waals surface area contributed by atoms with Crippen LogP contribution in [-0.2, 0) is 18.4 Å². The van der Waals surface area contributed by atoms with E-state index in [-0.39, 0.29) is 18.5 Å². The predicted molar refractivity (Wildman–Crippen MR) is 82.5 cm³/mol. The van der Waals surface area contributed by atoms with Gasteiger partial charge in [-0.3, -0.25) is 14.7 Å². The lowest BCUT2D eigenvalue weighted by molar-refractivity contribution is -0.139. The van der Waals surface area contributed by atoms with Crippen molar-refractivity contribution in [2.45, 2.75) is 52.4 Å². The van der Waals surface area contributed by atoms with Crippen LogP contribution in [0.3, 0.4) is 0 Å². The number of aliphatic carboxylic acids is 1. The van der Waals surface area contributed by atoms with Crippen LogP contribution in [0.2, 0.25) is 0 Å². The zero-order valence-electron chi connectivity index (χ0n) is 12.8. The van der Waals surface area contributed by atoms with Crippen LogP contribution >= 0.6 is 19.4 Å². The first-order chi connectivity index (χ1) is 9.20. The van der Waals surface area contributed by atoms with Gasteiger partial charge in [-0.05, 0) is 46.1 Å². The van der Waals surface area contributed by atoms with Crippen molar-refractivity contribution in [2.75, 3.05) is 18.3 Å². The van der Waals surface area contributed by atoms with Gasteiger partial charge in [-0.25, -0.2) is 0 Å². The zero-order chi connectivity index (χ0) is 15.8. The molecule has 0 aliphatic heterocycles. The average Bonchev–Trinajstić information content (AvgIpc) is 2.26. The maximum atomic E-state index is 12.5. The van der Waals surface area contributed by atoms with E-state index in [0.29, 0.717) is 12.2 Å². The highest BCUT2D eigenvalue weighted by atomic mass is 32.2. The number of hydrogen-bond donors (Lipinski definition) is 2. The molecule has 0 aromatic carbocycles. The number of hydrogen-bond acceptors (Lipinski definition) is 6. The Morgan fingerprint density at radius 2 is 1.75 bits per heavy atom. The summed E-state index contributed by atoms with van der Waals surface area (Å²) in [4.78, 5) is 11.1. The Balaban J connectivity index is 4.63. The molecule has 0 fully saturated rings. The summed E-state index contributed by atoms with van der Waals surface area (Å²) in [5.74, 6) is -0.246. The SMILES string of the molecule is CSCCC(NCP(=O)(OC(C)C)OC(C)C)C(=O)O. The van der Waals surface area contributed by atoms with Gasteiger partial charge in [0.25, 0.3) is 0 Å². The van der Waals surface area contributed by atoms with Crippen molar-refractivity contribution < 1.29 is 23.5 Å². The van der Waals surface area contributed by atoms with Gasteiger partial charge in [0.15, 0.2) is 0 Å². The molecular weight excluding hydrogens is 301 g/mol. The molecule has 0 bridgehead atoms. The molecule has 0 rings (SSSR count). The van der Waals surface area contributed by atoms with E-state index in [4.69, 9.17) is 14.2 Å². The topological polar surface area (TPSA) is 84.9 Å². The minimum Gasteiger partial charge on any atom is -0.480 e. The predicted octanol–water partition coefficient (Wildman–Crippen LogP) is 2.78. The molecule has 8 heteroatoms. The Labute approximate surface area is 125 Å². The smallest absolute Gasteiger partial charge is 0.344 e. The third kappa shape index (κ3) is 8.97. The molecule has 1 unspecified atom stereocenters. The summed E-state index contributed by atoms with van der Waals surface area (Å²) in [7, 11) is -3.34. The molecule has 0 heterocycles. The minimum atomic E-state index is -3.34. The van der Waals surface area contributed by atoms with Gasteiger partial charge >= 0.3 is 13.6 Å². The molecule has 0 aromatic heterocycles. The van der Waals surface area contributed by atoms with Crippen molar-refractivity contribution in [3.05, 3.63) is 0 Å². The Morgan fingerprint density at radius 3 is 2.10 bits per heavy atom. The van der Waals surface area contributed by atoms with Crippen molar-refractivity contribution in [1.29, 1.82) is 0 Å². The number of nitrogens with one attached hydrogen (secondary N) is 1. The van der Waals surface area contributed by atoms with Gasteiger partial charge in [-0.15, -0.1) is 0 Å². The van der Waals surface area contributed by atoms with Gasteiger partial charge < -0.3 is 14.2 Å². The van der Waals surface area contributed by atoms with Crippen LogP contribution in [0, 0.1) is 0 Å². The lowest BCUT2D eigenvalue weighted by atomic mass is 10.2. The second kappa shape index (κ2) is 9.79. The summed E-state index contributed by atoms with van der Waals surface area (Å²) in [6.07, 6.45) is 1.76. The fraction of sp³-hybridized carbons (Fsp3) is 0.917. The van der Waals surface area contributed by atoms with E-state index < -0.39 is 19.6 Å². The van der Waals surface area contributed by atoms with Crippen molar-refractivity contribution in [3.8, 4) is 0 Å². The van der Waals surface area contributed by atoms with Crippen LogP contribution in [0.1, 0.15) is 34.1 Å². The summed E-state index contributed by atoms with van der Waals surface area (Å²) in [5.41, 5.74) is 0. The highest BCUT2D eigenvalue weighted by Crippen LogP contribution is 2.49. The van der Waals surface area contributed by atoms with E-state index >= 15 is 0 Å². The molecule has 2 N–H and O–H groups in total. The Bertz CT molecular complexity index is 324. The van der Waals surface area contributed by atoms with Crippen molar-refractivity contribution in [3.63, 3.8) is 0 Å². The monoisotopic (exact) mass is 327 g/mol. The maximum absolute atomic E-state index is 12.5. The molecule has 20 heavy (non-hydrogen) atoms. The number of thioether (sulfide) groups is 1. The molecule has 0 saturated carbocycles. The standard InChI is InChI=1S/C12H26NO5PS/c1-9(2)17-19(16,18-10(3)4)8-13-11(12(14)15)6-7-20-5/h9-11,13H,6-8H2,1-5H3,(H,14,15). The Kier molecular flexibility index (Phi) is 9.76. The molecule has 0 radical (unpaired) electrons. The lowest BCUT2D eigenvalue weighted by Crippen LogP contribution is -2.38. The van der Waals surface area contributed by atoms with E-state index in [1.165, 1.54) is 0 Å². The highest BCUT2D eigenvalue weighted by molar-refractivity contribution is 7.98. The van der Waals surface area contributed by atoms with Crippen LogP contribution < -0.4 is 5.32 Å². The minimum absolute atomic E-state index is 0.102. The third-order valence-electron chi connectivity index (χ3n) is 2.18. The molecule has 0 amide bonds. The molecule has 0 spiro atoms. The first-order valence-electron chi connectivity index (χ1n) is 6.61. The van der Waals surface area contributed by atoms with Gasteiger partial charge in [-0.2, -0.15) is 11.8 Å². The highest BCUT2D eigenvalue weighted by Gasteiger charge is 2.30. The van der Waals surface area contributed by atoms with Crippen LogP contribution in [0.15, 0.2) is 0 Å². The molecule has 0 aromatic rings. The van der Waals surface area contributed by atoms with Gasteiger partial charge in [0.2, 0.25) is 0 Å². The fourth-order valence-corrected chi connectivity index (χ4v) is 3.91. The fourth-order valence-electron chi connectivity index (χ4n) is 1.51. The van der Waals surface area contributed by atoms with Crippen LogP contribution in [0.5, 0.6) is 0 Å². The van der Waals surface area contributed by atoms with Gasteiger partial charge in [0.05, 0.1) is 18.5 Å². The van der Waals surface area contributed by atoms with E-state index in [0.717, 1.165) is 0 Å². The van der Waals surface area contributed by atoms with Crippen LogP contribution in [0.4, 0.5) is 0 Å². The summed E-state index contributed by atoms with van der Waals surface area (Å²) in [6, 6.07) is -0.748. The molecular formula is C12H26NO5PS. The number of carbonyl (C=O) groups is 1. The summed E-state index contributed by atoms with van der Waals surface area (Å²) in [6.45, 7) is 7.05. The third-order valence-corrected chi connectivity index (χ3v) is 4.88. The first kappa shape index (κ1) is 19.9. The molecule has 120 valence electrons. The molecule has 6 nitrogen and oxygen atoms in total. The zero-order valence-corrected chi connectivity index (χ0v) is 14.5. The summed E-state index contributed by atoms with van der Waals surface area (Å²) >= 11 is 1.57. The van der Waals surface area contributed by atoms with Crippen molar-refractivity contribution in [1.82, 2.24) is 5.32 Å². The second-order valence-corrected chi connectivity index (χ2v) is 7.90. The molecule has 0 saturated heterocycles. The van der Waals surface area contributed by atoms with E-state index in [2.05, 4.69) is 5.32 Å². The van der Waals surface area contributed by atoms with Gasteiger partial charge in [-0.1, -0.05) is 0 Å². The largest absolute Gasteiger partial charge is 0.480 e. The van der Waals surface area contributed by atoms with Crippen LogP contribution in [0.25, 0.3) is 0 Å². The number of rotatable bonds is 11. The summed E-state index contributed by atoms with van der Waals surface area (Å²) in [5, 5.41) is 11.9. The van der Waals surface area contributed by atoms with E-state index in [1.807, 2.05) is 6.26 Å². The average molecular weight is 327 g/mol.